The lowest BCUT2D eigenvalue weighted by atomic mass is 9.92. The molecule has 1 fully saturated rings. The van der Waals surface area contributed by atoms with Crippen LogP contribution in [0.5, 0.6) is 0 Å². The minimum absolute atomic E-state index is 0.0431. The second kappa shape index (κ2) is 5.32. The molecule has 0 radical (unpaired) electrons. The van der Waals surface area contributed by atoms with Gasteiger partial charge in [0.05, 0.1) is 12.1 Å². The van der Waals surface area contributed by atoms with Crippen LogP contribution in [0.1, 0.15) is 32.6 Å². The molecule has 0 aromatic rings. The molecule has 0 spiro atoms. The van der Waals surface area contributed by atoms with Crippen LogP contribution in [0.15, 0.2) is 0 Å². The van der Waals surface area contributed by atoms with Gasteiger partial charge in [-0.1, -0.05) is 19.8 Å². The van der Waals surface area contributed by atoms with Crippen LogP contribution in [0.4, 0.5) is 0 Å². The van der Waals surface area contributed by atoms with E-state index in [0.717, 1.165) is 25.7 Å². The van der Waals surface area contributed by atoms with E-state index in [0.29, 0.717) is 6.54 Å². The molecule has 1 saturated carbocycles. The van der Waals surface area contributed by atoms with Crippen LogP contribution in [0.25, 0.3) is 0 Å². The fourth-order valence-electron chi connectivity index (χ4n) is 1.71. The van der Waals surface area contributed by atoms with Crippen molar-refractivity contribution in [3.8, 4) is 0 Å². The highest BCUT2D eigenvalue weighted by molar-refractivity contribution is 5.78. The van der Waals surface area contributed by atoms with Crippen LogP contribution < -0.4 is 11.1 Å². The van der Waals surface area contributed by atoms with E-state index in [2.05, 4.69) is 5.32 Å². The number of hydrogen-bond donors (Lipinski definition) is 3. The quantitative estimate of drug-likeness (QED) is 0.600. The molecule has 1 unspecified atom stereocenters. The van der Waals surface area contributed by atoms with E-state index in [1.807, 2.05) is 0 Å². The van der Waals surface area contributed by atoms with Gasteiger partial charge in [-0.2, -0.15) is 0 Å². The van der Waals surface area contributed by atoms with E-state index >= 15 is 0 Å². The van der Waals surface area contributed by atoms with E-state index in [9.17, 15) is 9.90 Å². The first-order valence-electron chi connectivity index (χ1n) is 5.33. The van der Waals surface area contributed by atoms with Crippen LogP contribution in [-0.4, -0.2) is 29.7 Å². The van der Waals surface area contributed by atoms with Gasteiger partial charge in [-0.25, -0.2) is 0 Å². The van der Waals surface area contributed by atoms with Crippen molar-refractivity contribution in [3.05, 3.63) is 0 Å². The molecule has 4 heteroatoms. The molecule has 0 aliphatic heterocycles. The molecule has 3 atom stereocenters. The summed E-state index contributed by atoms with van der Waals surface area (Å²) in [6.45, 7) is 2.15. The first-order valence-corrected chi connectivity index (χ1v) is 5.33. The number of nitrogens with one attached hydrogen (secondary N) is 1. The van der Waals surface area contributed by atoms with Gasteiger partial charge in [0.1, 0.15) is 0 Å². The largest absolute Gasteiger partial charge is 0.391 e. The van der Waals surface area contributed by atoms with Gasteiger partial charge in [-0.15, -0.1) is 0 Å². The predicted molar refractivity (Wildman–Crippen MR) is 54.6 cm³/mol. The predicted octanol–water partition coefficient (Wildman–Crippen LogP) is 0.000900. The Kier molecular flexibility index (Phi) is 4.35. The Morgan fingerprint density at radius 2 is 2.21 bits per heavy atom. The van der Waals surface area contributed by atoms with E-state index in [1.165, 1.54) is 0 Å². The van der Waals surface area contributed by atoms with E-state index in [1.54, 1.807) is 6.92 Å². The summed E-state index contributed by atoms with van der Waals surface area (Å²) < 4.78 is 0. The van der Waals surface area contributed by atoms with Crippen molar-refractivity contribution in [3.63, 3.8) is 0 Å². The Labute approximate surface area is 84.9 Å². The van der Waals surface area contributed by atoms with Crippen molar-refractivity contribution in [2.24, 2.45) is 11.7 Å². The van der Waals surface area contributed by atoms with E-state index in [-0.39, 0.29) is 24.0 Å². The van der Waals surface area contributed by atoms with Gasteiger partial charge in [0.25, 0.3) is 0 Å². The SMILES string of the molecule is CC(CN)C(=O)N[C@H]1CCCC[C@@H]1O. The molecule has 1 aliphatic carbocycles. The van der Waals surface area contributed by atoms with Crippen molar-refractivity contribution in [2.45, 2.75) is 44.8 Å². The lowest BCUT2D eigenvalue weighted by Crippen LogP contribution is -2.47. The Bertz CT molecular complexity index is 197. The first kappa shape index (κ1) is 11.5. The van der Waals surface area contributed by atoms with Gasteiger partial charge in [0, 0.05) is 12.5 Å². The third-order valence-corrected chi connectivity index (χ3v) is 2.86. The zero-order valence-corrected chi connectivity index (χ0v) is 8.70. The molecular weight excluding hydrogens is 180 g/mol. The molecule has 0 heterocycles. The molecular formula is C10H20N2O2. The summed E-state index contributed by atoms with van der Waals surface area (Å²) in [5.74, 6) is -0.206. The third kappa shape index (κ3) is 2.96. The van der Waals surface area contributed by atoms with Crippen LogP contribution in [-0.2, 0) is 4.79 Å². The smallest absolute Gasteiger partial charge is 0.224 e. The summed E-state index contributed by atoms with van der Waals surface area (Å²) in [5, 5.41) is 12.5. The molecule has 0 bridgehead atoms. The molecule has 4 N–H and O–H groups in total. The van der Waals surface area contributed by atoms with Crippen LogP contribution >= 0.6 is 0 Å². The molecule has 0 aromatic carbocycles. The number of carbonyl (C=O) groups excluding carboxylic acids is 1. The third-order valence-electron chi connectivity index (χ3n) is 2.86. The molecule has 14 heavy (non-hydrogen) atoms. The second-order valence-electron chi connectivity index (χ2n) is 4.10. The number of nitrogens with two attached hydrogens (primary N) is 1. The highest BCUT2D eigenvalue weighted by Gasteiger charge is 2.25. The Hall–Kier alpha value is -0.610. The van der Waals surface area contributed by atoms with Crippen molar-refractivity contribution in [1.82, 2.24) is 5.32 Å². The van der Waals surface area contributed by atoms with E-state index in [4.69, 9.17) is 5.73 Å². The summed E-state index contributed by atoms with van der Waals surface area (Å²) in [7, 11) is 0. The van der Waals surface area contributed by atoms with Gasteiger partial charge < -0.3 is 16.2 Å². The molecule has 1 aliphatic rings. The topological polar surface area (TPSA) is 75.4 Å². The van der Waals surface area contributed by atoms with Gasteiger partial charge in [-0.3, -0.25) is 4.79 Å². The van der Waals surface area contributed by atoms with Crippen molar-refractivity contribution < 1.29 is 9.90 Å². The lowest BCUT2D eigenvalue weighted by molar-refractivity contribution is -0.126. The number of rotatable bonds is 3. The molecule has 0 aromatic heterocycles. The van der Waals surface area contributed by atoms with Gasteiger partial charge in [-0.05, 0) is 12.8 Å². The number of carbonyl (C=O) groups is 1. The summed E-state index contributed by atoms with van der Waals surface area (Å²) in [6.07, 6.45) is 3.43. The molecule has 1 amide bonds. The summed E-state index contributed by atoms with van der Waals surface area (Å²) in [6, 6.07) is -0.0646. The number of aliphatic hydroxyl groups excluding tert-OH is 1. The maximum absolute atomic E-state index is 11.5. The standard InChI is InChI=1S/C10H20N2O2/c1-7(6-11)10(14)12-8-4-2-3-5-9(8)13/h7-9,13H,2-6,11H2,1H3,(H,12,14)/t7?,8-,9-/m0/s1. The van der Waals surface area contributed by atoms with Gasteiger partial charge in [0.15, 0.2) is 0 Å². The zero-order valence-electron chi connectivity index (χ0n) is 8.70. The lowest BCUT2D eigenvalue weighted by Gasteiger charge is -2.29. The zero-order chi connectivity index (χ0) is 10.6. The average Bonchev–Trinajstić information content (AvgIpc) is 2.20. The monoisotopic (exact) mass is 200 g/mol. The van der Waals surface area contributed by atoms with Crippen LogP contribution in [0.3, 0.4) is 0 Å². The summed E-state index contributed by atoms with van der Waals surface area (Å²) in [5.41, 5.74) is 5.39. The Balaban J connectivity index is 2.38. The van der Waals surface area contributed by atoms with Crippen molar-refractivity contribution in [2.75, 3.05) is 6.54 Å². The molecule has 4 nitrogen and oxygen atoms in total. The first-order chi connectivity index (χ1) is 6.65. The number of amides is 1. The number of aliphatic hydroxyl groups is 1. The van der Waals surface area contributed by atoms with Crippen LogP contribution in [0, 0.1) is 5.92 Å². The molecule has 0 saturated heterocycles. The summed E-state index contributed by atoms with van der Waals surface area (Å²) in [4.78, 5) is 11.5. The highest BCUT2D eigenvalue weighted by Crippen LogP contribution is 2.18. The minimum atomic E-state index is -0.377. The Morgan fingerprint density at radius 3 is 2.79 bits per heavy atom. The average molecular weight is 200 g/mol. The maximum Gasteiger partial charge on any atom is 0.224 e. The van der Waals surface area contributed by atoms with Gasteiger partial charge in [0.2, 0.25) is 5.91 Å². The Morgan fingerprint density at radius 1 is 1.57 bits per heavy atom. The van der Waals surface area contributed by atoms with E-state index < -0.39 is 0 Å². The maximum atomic E-state index is 11.5. The second-order valence-corrected chi connectivity index (χ2v) is 4.10. The fourth-order valence-corrected chi connectivity index (χ4v) is 1.71. The summed E-state index contributed by atoms with van der Waals surface area (Å²) >= 11 is 0. The fraction of sp³-hybridized carbons (Fsp3) is 0.900. The van der Waals surface area contributed by atoms with Crippen LogP contribution in [0.2, 0.25) is 0 Å². The molecule has 1 rings (SSSR count). The minimum Gasteiger partial charge on any atom is -0.391 e. The number of hydrogen-bond acceptors (Lipinski definition) is 3. The normalized spacial score (nSPS) is 29.6. The highest BCUT2D eigenvalue weighted by atomic mass is 16.3. The van der Waals surface area contributed by atoms with Gasteiger partial charge >= 0.3 is 0 Å². The van der Waals surface area contributed by atoms with Crippen molar-refractivity contribution in [1.29, 1.82) is 0 Å². The van der Waals surface area contributed by atoms with Crippen molar-refractivity contribution >= 4 is 5.91 Å². The molecule has 82 valence electrons.